The minimum absolute atomic E-state index is 0.0792. The minimum Gasteiger partial charge on any atom is -0.383 e. The Kier molecular flexibility index (Phi) is 4.22. The number of benzene rings is 1. The molecule has 0 spiro atoms. The molecule has 1 heterocycles. The van der Waals surface area contributed by atoms with Crippen molar-refractivity contribution in [3.63, 3.8) is 0 Å². The zero-order valence-corrected chi connectivity index (χ0v) is 13.6. The fourth-order valence-corrected chi connectivity index (χ4v) is 3.45. The molecule has 2 rings (SSSR count). The highest BCUT2D eigenvalue weighted by atomic mass is 79.9. The van der Waals surface area contributed by atoms with E-state index in [2.05, 4.69) is 25.6 Å². The molecule has 0 amide bonds. The van der Waals surface area contributed by atoms with E-state index in [0.29, 0.717) is 15.2 Å². The highest BCUT2D eigenvalue weighted by molar-refractivity contribution is 9.10. The van der Waals surface area contributed by atoms with Crippen LogP contribution in [0.15, 0.2) is 39.8 Å². The number of nitrogen functional groups attached to an aromatic ring is 1. The van der Waals surface area contributed by atoms with Gasteiger partial charge in [-0.15, -0.1) is 0 Å². The van der Waals surface area contributed by atoms with E-state index in [1.165, 1.54) is 12.3 Å². The Balaban J connectivity index is 2.46. The van der Waals surface area contributed by atoms with Gasteiger partial charge in [-0.05, 0) is 46.6 Å². The lowest BCUT2D eigenvalue weighted by molar-refractivity contribution is 0.601. The van der Waals surface area contributed by atoms with Crippen LogP contribution >= 0.6 is 27.5 Å². The van der Waals surface area contributed by atoms with Gasteiger partial charge in [0.1, 0.15) is 10.7 Å². The van der Waals surface area contributed by atoms with E-state index in [1.807, 2.05) is 6.92 Å². The lowest BCUT2D eigenvalue weighted by Gasteiger charge is -2.11. The predicted octanol–water partition coefficient (Wildman–Crippen LogP) is 3.19. The van der Waals surface area contributed by atoms with Crippen LogP contribution in [0.5, 0.6) is 0 Å². The van der Waals surface area contributed by atoms with Crippen LogP contribution in [0.25, 0.3) is 0 Å². The number of hydrogen-bond acceptors (Lipinski definition) is 4. The highest BCUT2D eigenvalue weighted by Gasteiger charge is 2.20. The highest BCUT2D eigenvalue weighted by Crippen LogP contribution is 2.27. The van der Waals surface area contributed by atoms with E-state index in [-0.39, 0.29) is 10.7 Å². The van der Waals surface area contributed by atoms with Gasteiger partial charge in [0.05, 0.1) is 10.7 Å². The molecular weight excluding hydrogens is 366 g/mol. The molecule has 0 atom stereocenters. The number of aromatic nitrogens is 1. The van der Waals surface area contributed by atoms with Crippen molar-refractivity contribution in [2.24, 2.45) is 0 Å². The Labute approximate surface area is 130 Å². The first-order valence-electron chi connectivity index (χ1n) is 5.49. The lowest BCUT2D eigenvalue weighted by Crippen LogP contribution is -2.16. The van der Waals surface area contributed by atoms with E-state index in [4.69, 9.17) is 17.3 Å². The fraction of sp³-hybridized carbons (Fsp3) is 0.0833. The van der Waals surface area contributed by atoms with E-state index < -0.39 is 10.0 Å². The molecule has 0 unspecified atom stereocenters. The normalized spacial score (nSPS) is 11.3. The summed E-state index contributed by atoms with van der Waals surface area (Å²) in [4.78, 5) is 3.70. The second kappa shape index (κ2) is 5.59. The topological polar surface area (TPSA) is 85.1 Å². The molecule has 0 aliphatic rings. The molecule has 1 aromatic heterocycles. The summed E-state index contributed by atoms with van der Waals surface area (Å²) >= 11 is 9.14. The number of halogens is 2. The van der Waals surface area contributed by atoms with Crippen molar-refractivity contribution in [3.05, 3.63) is 45.5 Å². The van der Waals surface area contributed by atoms with Crippen molar-refractivity contribution in [1.29, 1.82) is 0 Å². The minimum atomic E-state index is -3.86. The van der Waals surface area contributed by atoms with Crippen molar-refractivity contribution in [2.45, 2.75) is 11.8 Å². The molecule has 1 aromatic carbocycles. The summed E-state index contributed by atoms with van der Waals surface area (Å²) in [6.07, 6.45) is 1.42. The van der Waals surface area contributed by atoms with Gasteiger partial charge in [0.2, 0.25) is 0 Å². The van der Waals surface area contributed by atoms with Crippen molar-refractivity contribution < 1.29 is 8.42 Å². The summed E-state index contributed by atoms with van der Waals surface area (Å²) in [6, 6.07) is 6.43. The molecular formula is C12H11BrClN3O2S. The molecule has 0 radical (unpaired) electrons. The third-order valence-electron chi connectivity index (χ3n) is 2.50. The molecule has 2 aromatic rings. The fourth-order valence-electron chi connectivity index (χ4n) is 1.56. The van der Waals surface area contributed by atoms with Crippen molar-refractivity contribution in [1.82, 2.24) is 4.98 Å². The Bertz CT molecular complexity index is 765. The van der Waals surface area contributed by atoms with Crippen molar-refractivity contribution in [2.75, 3.05) is 10.5 Å². The number of nitrogens with one attached hydrogen (secondary N) is 1. The van der Waals surface area contributed by atoms with Gasteiger partial charge in [0.15, 0.2) is 0 Å². The van der Waals surface area contributed by atoms with Gasteiger partial charge in [-0.2, -0.15) is 0 Å². The van der Waals surface area contributed by atoms with Gasteiger partial charge in [0, 0.05) is 10.7 Å². The first-order chi connectivity index (χ1) is 9.29. The number of sulfonamides is 1. The first kappa shape index (κ1) is 15.1. The number of pyridine rings is 1. The van der Waals surface area contributed by atoms with Crippen LogP contribution in [0.3, 0.4) is 0 Å². The maximum Gasteiger partial charge on any atom is 0.265 e. The number of rotatable bonds is 3. The van der Waals surface area contributed by atoms with Crippen molar-refractivity contribution >= 4 is 49.1 Å². The Hall–Kier alpha value is -1.31. The van der Waals surface area contributed by atoms with E-state index >= 15 is 0 Å². The van der Waals surface area contributed by atoms with Crippen LogP contribution in [-0.2, 0) is 10.0 Å². The van der Waals surface area contributed by atoms with Crippen molar-refractivity contribution in [3.8, 4) is 0 Å². The summed E-state index contributed by atoms with van der Waals surface area (Å²) in [5.74, 6) is -0.0792. The van der Waals surface area contributed by atoms with Gasteiger partial charge in [-0.1, -0.05) is 17.7 Å². The molecule has 3 N–H and O–H groups in total. The van der Waals surface area contributed by atoms with Gasteiger partial charge >= 0.3 is 0 Å². The SMILES string of the molecule is Cc1ccc(Cl)c(NS(=O)(=O)c2cc(Br)cnc2N)c1. The molecule has 0 bridgehead atoms. The quantitative estimate of drug-likeness (QED) is 0.861. The summed E-state index contributed by atoms with van der Waals surface area (Å²) in [6.45, 7) is 1.84. The average molecular weight is 377 g/mol. The summed E-state index contributed by atoms with van der Waals surface area (Å²) < 4.78 is 27.6. The predicted molar refractivity (Wildman–Crippen MR) is 83.3 cm³/mol. The number of aryl methyl sites for hydroxylation is 1. The smallest absolute Gasteiger partial charge is 0.265 e. The first-order valence-corrected chi connectivity index (χ1v) is 8.15. The molecule has 0 aliphatic heterocycles. The molecule has 5 nitrogen and oxygen atoms in total. The molecule has 0 saturated carbocycles. The Morgan fingerprint density at radius 3 is 2.75 bits per heavy atom. The zero-order chi connectivity index (χ0) is 14.9. The van der Waals surface area contributed by atoms with Crippen LogP contribution in [0.4, 0.5) is 11.5 Å². The second-order valence-corrected chi connectivity index (χ2v) is 7.10. The average Bonchev–Trinajstić information content (AvgIpc) is 2.36. The second-order valence-electron chi connectivity index (χ2n) is 4.13. The lowest BCUT2D eigenvalue weighted by atomic mass is 10.2. The maximum atomic E-state index is 12.3. The molecule has 106 valence electrons. The van der Waals surface area contributed by atoms with Crippen LogP contribution in [0.2, 0.25) is 5.02 Å². The summed E-state index contributed by atoms with van der Waals surface area (Å²) in [5, 5.41) is 0.306. The zero-order valence-electron chi connectivity index (χ0n) is 10.4. The summed E-state index contributed by atoms with van der Waals surface area (Å²) in [5.41, 5.74) is 6.79. The van der Waals surface area contributed by atoms with Gasteiger partial charge in [0.25, 0.3) is 10.0 Å². The van der Waals surface area contributed by atoms with E-state index in [1.54, 1.807) is 18.2 Å². The third-order valence-corrected chi connectivity index (χ3v) is 4.66. The third kappa shape index (κ3) is 3.23. The Morgan fingerprint density at radius 2 is 2.05 bits per heavy atom. The van der Waals surface area contributed by atoms with Crippen LogP contribution in [0.1, 0.15) is 5.56 Å². The molecule has 20 heavy (non-hydrogen) atoms. The maximum absolute atomic E-state index is 12.3. The van der Waals surface area contributed by atoms with Gasteiger partial charge in [-0.25, -0.2) is 13.4 Å². The van der Waals surface area contributed by atoms with E-state index in [0.717, 1.165) is 5.56 Å². The van der Waals surface area contributed by atoms with Crippen LogP contribution < -0.4 is 10.5 Å². The molecule has 0 saturated heterocycles. The number of hydrogen-bond donors (Lipinski definition) is 2. The number of anilines is 2. The number of nitrogens with zero attached hydrogens (tertiary/aromatic N) is 1. The van der Waals surface area contributed by atoms with Crippen LogP contribution in [-0.4, -0.2) is 13.4 Å². The molecule has 8 heteroatoms. The standard InChI is InChI=1S/C12H11BrClN3O2S/c1-7-2-3-9(14)10(4-7)17-20(18,19)11-5-8(13)6-16-12(11)15/h2-6,17H,1H3,(H2,15,16). The van der Waals surface area contributed by atoms with Gasteiger partial charge < -0.3 is 5.73 Å². The van der Waals surface area contributed by atoms with Gasteiger partial charge in [-0.3, -0.25) is 4.72 Å². The van der Waals surface area contributed by atoms with E-state index in [9.17, 15) is 8.42 Å². The largest absolute Gasteiger partial charge is 0.383 e. The molecule has 0 fully saturated rings. The summed E-state index contributed by atoms with van der Waals surface area (Å²) in [7, 11) is -3.86. The number of nitrogens with two attached hydrogens (primary N) is 1. The molecule has 0 aliphatic carbocycles. The monoisotopic (exact) mass is 375 g/mol. The van der Waals surface area contributed by atoms with Crippen LogP contribution in [0, 0.1) is 6.92 Å². The Morgan fingerprint density at radius 1 is 1.35 bits per heavy atom.